The quantitative estimate of drug-likeness (QED) is 0.684. The largest absolute Gasteiger partial charge is 0.306 e. The van der Waals surface area contributed by atoms with E-state index in [2.05, 4.69) is 0 Å². The van der Waals surface area contributed by atoms with E-state index in [-0.39, 0.29) is 24.3 Å². The van der Waals surface area contributed by atoms with E-state index in [9.17, 15) is 17.0 Å². The van der Waals surface area contributed by atoms with Gasteiger partial charge in [-0.1, -0.05) is 0 Å². The van der Waals surface area contributed by atoms with Crippen LogP contribution >= 0.6 is 0 Å². The fourth-order valence-electron chi connectivity index (χ4n) is 1.27. The van der Waals surface area contributed by atoms with Crippen LogP contribution in [-0.4, -0.2) is 40.1 Å². The lowest BCUT2D eigenvalue weighted by Crippen LogP contribution is -2.39. The van der Waals surface area contributed by atoms with Crippen LogP contribution in [0.4, 0.5) is 4.39 Å². The first-order valence-electron chi connectivity index (χ1n) is 3.80. The lowest BCUT2D eigenvalue weighted by Gasteiger charge is -2.27. The maximum Gasteiger partial charge on any atom is 0.156 e. The first-order valence-corrected chi connectivity index (χ1v) is 6.90. The summed E-state index contributed by atoms with van der Waals surface area (Å²) in [5, 5.41) is 0. The molecule has 0 aliphatic carbocycles. The van der Waals surface area contributed by atoms with Crippen LogP contribution in [0.3, 0.4) is 0 Å². The molecule has 1 fully saturated rings. The summed E-state index contributed by atoms with van der Waals surface area (Å²) >= 11 is -2.20. The molecule has 78 valence electrons. The molecule has 1 rings (SSSR count). The summed E-state index contributed by atoms with van der Waals surface area (Å²) in [6, 6.07) is 0. The van der Waals surface area contributed by atoms with Crippen molar-refractivity contribution in [3.05, 3.63) is 0 Å². The maximum atomic E-state index is 13.5. The fourth-order valence-corrected chi connectivity index (χ4v) is 3.56. The summed E-state index contributed by atoms with van der Waals surface area (Å²) in [5.74, 6) is -0.927. The van der Waals surface area contributed by atoms with E-state index in [1.165, 1.54) is 0 Å². The van der Waals surface area contributed by atoms with Gasteiger partial charge in [-0.3, -0.25) is 0 Å². The van der Waals surface area contributed by atoms with E-state index in [4.69, 9.17) is 4.55 Å². The van der Waals surface area contributed by atoms with Gasteiger partial charge in [0.25, 0.3) is 0 Å². The average molecular weight is 230 g/mol. The van der Waals surface area contributed by atoms with Gasteiger partial charge in [0.15, 0.2) is 20.9 Å². The predicted octanol–water partition coefficient (Wildman–Crippen LogP) is 0.125. The number of hydrogen-bond donors (Lipinski definition) is 1. The van der Waals surface area contributed by atoms with Gasteiger partial charge < -0.3 is 4.55 Å². The van der Waals surface area contributed by atoms with Crippen LogP contribution in [0.25, 0.3) is 0 Å². The van der Waals surface area contributed by atoms with Crippen LogP contribution in [0.5, 0.6) is 0 Å². The van der Waals surface area contributed by atoms with Crippen LogP contribution in [0.15, 0.2) is 0 Å². The first-order chi connectivity index (χ1) is 5.83. The van der Waals surface area contributed by atoms with E-state index >= 15 is 0 Å². The van der Waals surface area contributed by atoms with Crippen molar-refractivity contribution < 1.29 is 21.6 Å². The van der Waals surface area contributed by atoms with E-state index < -0.39 is 32.3 Å². The van der Waals surface area contributed by atoms with Crippen LogP contribution in [-0.2, 0) is 20.9 Å². The number of hydrogen-bond acceptors (Lipinski definition) is 3. The minimum atomic E-state index is -3.11. The highest BCUT2D eigenvalue weighted by molar-refractivity contribution is 7.91. The summed E-state index contributed by atoms with van der Waals surface area (Å²) in [7, 11) is -3.11. The normalized spacial score (nSPS) is 28.2. The molecule has 1 aliphatic rings. The molecule has 0 aromatic heterocycles. The fraction of sp³-hybridized carbons (Fsp3) is 1.00. The molecular formula is C6H11FO4S2. The monoisotopic (exact) mass is 230 g/mol. The van der Waals surface area contributed by atoms with Crippen molar-refractivity contribution in [1.82, 2.24) is 0 Å². The molecule has 4 nitrogen and oxygen atoms in total. The van der Waals surface area contributed by atoms with Crippen LogP contribution < -0.4 is 0 Å². The third kappa shape index (κ3) is 3.32. The van der Waals surface area contributed by atoms with Crippen molar-refractivity contribution >= 4 is 20.9 Å². The van der Waals surface area contributed by atoms with Gasteiger partial charge >= 0.3 is 0 Å². The van der Waals surface area contributed by atoms with E-state index in [1.54, 1.807) is 0 Å². The molecule has 0 aromatic carbocycles. The minimum absolute atomic E-state index is 0.165. The Kier molecular flexibility index (Phi) is 3.09. The van der Waals surface area contributed by atoms with Crippen molar-refractivity contribution in [2.45, 2.75) is 18.5 Å². The molecule has 7 heteroatoms. The molecule has 1 saturated heterocycles. The second-order valence-corrected chi connectivity index (χ2v) is 6.50. The Bertz CT molecular complexity index is 297. The van der Waals surface area contributed by atoms with Gasteiger partial charge in [0.2, 0.25) is 0 Å². The average Bonchev–Trinajstić information content (AvgIpc) is 1.95. The molecule has 0 bridgehead atoms. The molecule has 0 aromatic rings. The summed E-state index contributed by atoms with van der Waals surface area (Å²) in [6.07, 6.45) is -0.330. The summed E-state index contributed by atoms with van der Waals surface area (Å²) in [4.78, 5) is 0. The van der Waals surface area contributed by atoms with E-state index in [1.807, 2.05) is 0 Å². The van der Waals surface area contributed by atoms with Crippen LogP contribution in [0.2, 0.25) is 0 Å². The number of alkyl halides is 1. The molecule has 0 amide bonds. The van der Waals surface area contributed by atoms with Gasteiger partial charge in [-0.2, -0.15) is 0 Å². The highest BCUT2D eigenvalue weighted by atomic mass is 32.2. The molecule has 0 saturated carbocycles. The maximum absolute atomic E-state index is 13.5. The highest BCUT2D eigenvalue weighted by Crippen LogP contribution is 2.28. The van der Waals surface area contributed by atoms with Crippen molar-refractivity contribution in [3.63, 3.8) is 0 Å². The zero-order valence-electron chi connectivity index (χ0n) is 6.90. The van der Waals surface area contributed by atoms with Crippen molar-refractivity contribution in [1.29, 1.82) is 0 Å². The molecule has 1 N–H and O–H groups in total. The summed E-state index contributed by atoms with van der Waals surface area (Å²) < 4.78 is 54.2. The smallest absolute Gasteiger partial charge is 0.156 e. The lowest BCUT2D eigenvalue weighted by molar-refractivity contribution is 0.175. The van der Waals surface area contributed by atoms with E-state index in [0.29, 0.717) is 0 Å². The Morgan fingerprint density at radius 2 is 1.85 bits per heavy atom. The molecule has 0 spiro atoms. The Balaban J connectivity index is 2.61. The van der Waals surface area contributed by atoms with Gasteiger partial charge in [-0.25, -0.2) is 17.0 Å². The number of sulfone groups is 1. The SMILES string of the molecule is O=S(O)CC1(F)CCS(=O)(=O)CC1. The van der Waals surface area contributed by atoms with Gasteiger partial charge in [0.1, 0.15) is 5.67 Å². The van der Waals surface area contributed by atoms with Crippen molar-refractivity contribution in [2.75, 3.05) is 17.3 Å². The second kappa shape index (κ2) is 3.62. The Morgan fingerprint density at radius 3 is 2.23 bits per heavy atom. The third-order valence-corrected chi connectivity index (χ3v) is 4.52. The summed E-state index contributed by atoms with van der Waals surface area (Å²) in [5.41, 5.74) is -1.77. The van der Waals surface area contributed by atoms with Crippen molar-refractivity contribution in [2.24, 2.45) is 0 Å². The minimum Gasteiger partial charge on any atom is -0.306 e. The topological polar surface area (TPSA) is 71.4 Å². The van der Waals surface area contributed by atoms with Crippen LogP contribution in [0.1, 0.15) is 12.8 Å². The van der Waals surface area contributed by atoms with E-state index in [0.717, 1.165) is 0 Å². The van der Waals surface area contributed by atoms with Crippen LogP contribution in [0, 0.1) is 0 Å². The Hall–Kier alpha value is -0.0100. The highest BCUT2D eigenvalue weighted by Gasteiger charge is 2.38. The molecule has 1 atom stereocenters. The molecular weight excluding hydrogens is 219 g/mol. The Morgan fingerprint density at radius 1 is 1.38 bits per heavy atom. The predicted molar refractivity (Wildman–Crippen MR) is 47.4 cm³/mol. The standard InChI is InChI=1S/C6H11FO4S2/c7-6(5-12(8)9)1-3-13(10,11)4-2-6/h1-5H2,(H,8,9). The van der Waals surface area contributed by atoms with Gasteiger partial charge in [-0.05, 0) is 12.8 Å². The third-order valence-electron chi connectivity index (χ3n) is 2.10. The zero-order chi connectivity index (χ0) is 10.1. The molecule has 1 unspecified atom stereocenters. The number of rotatable bonds is 2. The molecule has 1 aliphatic heterocycles. The first kappa shape index (κ1) is 11.1. The summed E-state index contributed by atoms with van der Waals surface area (Å²) in [6.45, 7) is 0. The zero-order valence-corrected chi connectivity index (χ0v) is 8.53. The van der Waals surface area contributed by atoms with Gasteiger partial charge in [0.05, 0.1) is 17.3 Å². The molecule has 1 heterocycles. The van der Waals surface area contributed by atoms with Gasteiger partial charge in [-0.15, -0.1) is 0 Å². The second-order valence-electron chi connectivity index (χ2n) is 3.27. The van der Waals surface area contributed by atoms with Gasteiger partial charge in [0, 0.05) is 0 Å². The Labute approximate surface area is 78.7 Å². The molecule has 0 radical (unpaired) electrons. The van der Waals surface area contributed by atoms with Crippen molar-refractivity contribution in [3.8, 4) is 0 Å². The lowest BCUT2D eigenvalue weighted by atomic mass is 10.0. The molecule has 13 heavy (non-hydrogen) atoms. The number of halogens is 1.